The van der Waals surface area contributed by atoms with Crippen LogP contribution >= 0.6 is 23.2 Å². The molecule has 0 saturated heterocycles. The van der Waals surface area contributed by atoms with Gasteiger partial charge < -0.3 is 5.73 Å². The van der Waals surface area contributed by atoms with Crippen LogP contribution in [0.2, 0.25) is 10.0 Å². The summed E-state index contributed by atoms with van der Waals surface area (Å²) >= 11 is 11.7. The van der Waals surface area contributed by atoms with E-state index >= 15 is 0 Å². The summed E-state index contributed by atoms with van der Waals surface area (Å²) < 4.78 is 13.8. The zero-order valence-corrected chi connectivity index (χ0v) is 13.7. The maximum Gasteiger partial charge on any atom is 0.142 e. The Bertz CT molecular complexity index is 980. The summed E-state index contributed by atoms with van der Waals surface area (Å²) in [6.07, 6.45) is 0. The van der Waals surface area contributed by atoms with Crippen LogP contribution in [0.3, 0.4) is 0 Å². The third-order valence-corrected chi connectivity index (χ3v) is 4.05. The van der Waals surface area contributed by atoms with E-state index in [0.717, 1.165) is 5.56 Å². The molecule has 2 N–H and O–H groups in total. The third-order valence-electron chi connectivity index (χ3n) is 3.51. The number of hydrogen-bond acceptors (Lipinski definition) is 3. The minimum absolute atomic E-state index is 0.00866. The van der Waals surface area contributed by atoms with Gasteiger partial charge in [-0.15, -0.1) is 0 Å². The number of hydrogen-bond donors (Lipinski definition) is 1. The van der Waals surface area contributed by atoms with Crippen LogP contribution in [-0.2, 0) is 0 Å². The van der Waals surface area contributed by atoms with Crippen LogP contribution in [0.4, 0.5) is 10.2 Å². The molecular formula is C18H10Cl2FN3. The Balaban J connectivity index is 2.24. The van der Waals surface area contributed by atoms with Crippen molar-refractivity contribution >= 4 is 29.0 Å². The van der Waals surface area contributed by atoms with Crippen molar-refractivity contribution in [1.82, 2.24) is 4.98 Å². The maximum atomic E-state index is 13.8. The van der Waals surface area contributed by atoms with Gasteiger partial charge in [0.25, 0.3) is 0 Å². The summed E-state index contributed by atoms with van der Waals surface area (Å²) in [6, 6.07) is 15.1. The lowest BCUT2D eigenvalue weighted by Crippen LogP contribution is -2.00. The van der Waals surface area contributed by atoms with Crippen molar-refractivity contribution in [2.75, 3.05) is 5.73 Å². The molecule has 0 amide bonds. The largest absolute Gasteiger partial charge is 0.383 e. The van der Waals surface area contributed by atoms with Gasteiger partial charge in [-0.05, 0) is 35.9 Å². The molecule has 0 unspecified atom stereocenters. The van der Waals surface area contributed by atoms with Crippen molar-refractivity contribution in [1.29, 1.82) is 5.26 Å². The molecule has 0 aliphatic heterocycles. The standard InChI is InChI=1S/C18H10Cl2FN3/c19-12-3-1-2-11(6-12)17-8-13(14(9-22)18(23)24-17)10-4-5-15(20)16(21)7-10/h1-8H,(H2,23,24). The molecule has 0 aliphatic carbocycles. The number of nitrogens with two attached hydrogens (primary N) is 1. The first-order valence-corrected chi connectivity index (χ1v) is 7.67. The lowest BCUT2D eigenvalue weighted by Gasteiger charge is -2.11. The summed E-state index contributed by atoms with van der Waals surface area (Å²) in [4.78, 5) is 4.26. The molecule has 0 aliphatic rings. The molecule has 0 atom stereocenters. The first-order valence-electron chi connectivity index (χ1n) is 6.91. The lowest BCUT2D eigenvalue weighted by atomic mass is 9.98. The predicted molar refractivity (Wildman–Crippen MR) is 94.2 cm³/mol. The summed E-state index contributed by atoms with van der Waals surface area (Å²) in [5.74, 6) is -0.502. The van der Waals surface area contributed by atoms with Crippen LogP contribution in [0.25, 0.3) is 22.4 Å². The van der Waals surface area contributed by atoms with Gasteiger partial charge >= 0.3 is 0 Å². The maximum absolute atomic E-state index is 13.8. The van der Waals surface area contributed by atoms with Crippen molar-refractivity contribution < 1.29 is 4.39 Å². The molecule has 24 heavy (non-hydrogen) atoms. The number of nitriles is 1. The number of benzene rings is 2. The molecule has 0 radical (unpaired) electrons. The monoisotopic (exact) mass is 357 g/mol. The van der Waals surface area contributed by atoms with Gasteiger partial charge in [0.1, 0.15) is 23.3 Å². The number of rotatable bonds is 2. The van der Waals surface area contributed by atoms with Crippen molar-refractivity contribution in [2.24, 2.45) is 0 Å². The molecule has 0 fully saturated rings. The van der Waals surface area contributed by atoms with E-state index in [1.165, 1.54) is 12.1 Å². The first-order chi connectivity index (χ1) is 11.5. The van der Waals surface area contributed by atoms with Gasteiger partial charge in [-0.2, -0.15) is 5.26 Å². The summed E-state index contributed by atoms with van der Waals surface area (Å²) in [7, 11) is 0. The summed E-state index contributed by atoms with van der Waals surface area (Å²) in [6.45, 7) is 0. The fraction of sp³-hybridized carbons (Fsp3) is 0. The fourth-order valence-corrected chi connectivity index (χ4v) is 2.68. The number of anilines is 1. The minimum atomic E-state index is -0.572. The van der Waals surface area contributed by atoms with E-state index < -0.39 is 5.82 Å². The molecule has 3 nitrogen and oxygen atoms in total. The molecule has 2 aromatic carbocycles. The Kier molecular flexibility index (Phi) is 4.39. The van der Waals surface area contributed by atoms with E-state index in [0.29, 0.717) is 21.8 Å². The second-order valence-corrected chi connectivity index (χ2v) is 5.91. The van der Waals surface area contributed by atoms with Gasteiger partial charge in [-0.1, -0.05) is 41.4 Å². The van der Waals surface area contributed by atoms with Crippen LogP contribution < -0.4 is 5.73 Å². The number of nitrogen functional groups attached to an aromatic ring is 1. The smallest absolute Gasteiger partial charge is 0.142 e. The van der Waals surface area contributed by atoms with Crippen LogP contribution in [0.15, 0.2) is 48.5 Å². The molecule has 0 bridgehead atoms. The highest BCUT2D eigenvalue weighted by atomic mass is 35.5. The number of pyridine rings is 1. The SMILES string of the molecule is N#Cc1c(-c2ccc(Cl)c(F)c2)cc(-c2cccc(Cl)c2)nc1N. The molecule has 6 heteroatoms. The zero-order chi connectivity index (χ0) is 17.3. The van der Waals surface area contributed by atoms with Gasteiger partial charge in [-0.25, -0.2) is 9.37 Å². The normalized spacial score (nSPS) is 10.4. The van der Waals surface area contributed by atoms with E-state index in [-0.39, 0.29) is 16.4 Å². The van der Waals surface area contributed by atoms with Crippen LogP contribution in [0.1, 0.15) is 5.56 Å². The van der Waals surface area contributed by atoms with E-state index in [4.69, 9.17) is 28.9 Å². The molecular weight excluding hydrogens is 348 g/mol. The van der Waals surface area contributed by atoms with Crippen molar-refractivity contribution in [3.05, 3.63) is 70.0 Å². The van der Waals surface area contributed by atoms with E-state index in [1.807, 2.05) is 12.1 Å². The van der Waals surface area contributed by atoms with Gasteiger partial charge in [0.15, 0.2) is 0 Å². The second-order valence-electron chi connectivity index (χ2n) is 5.07. The van der Waals surface area contributed by atoms with E-state index in [9.17, 15) is 9.65 Å². The van der Waals surface area contributed by atoms with Crippen molar-refractivity contribution in [3.8, 4) is 28.5 Å². The average Bonchev–Trinajstić information content (AvgIpc) is 2.56. The third kappa shape index (κ3) is 3.05. The fourth-order valence-electron chi connectivity index (χ4n) is 2.37. The second kappa shape index (κ2) is 6.48. The highest BCUT2D eigenvalue weighted by molar-refractivity contribution is 6.31. The predicted octanol–water partition coefficient (Wildman–Crippen LogP) is 5.32. The molecule has 118 valence electrons. The van der Waals surface area contributed by atoms with Crippen molar-refractivity contribution in [2.45, 2.75) is 0 Å². The number of nitrogens with zero attached hydrogens (tertiary/aromatic N) is 2. The van der Waals surface area contributed by atoms with E-state index in [1.54, 1.807) is 30.3 Å². The molecule has 0 saturated carbocycles. The topological polar surface area (TPSA) is 62.7 Å². The number of halogens is 3. The molecule has 3 aromatic rings. The molecule has 1 heterocycles. The number of aromatic nitrogens is 1. The van der Waals surface area contributed by atoms with Gasteiger partial charge in [0.05, 0.1) is 10.7 Å². The summed E-state index contributed by atoms with van der Waals surface area (Å²) in [5, 5.41) is 9.94. The Morgan fingerprint density at radius 3 is 2.50 bits per heavy atom. The van der Waals surface area contributed by atoms with Gasteiger partial charge in [-0.3, -0.25) is 0 Å². The van der Waals surface area contributed by atoms with Gasteiger partial charge in [0, 0.05) is 16.1 Å². The van der Waals surface area contributed by atoms with Crippen LogP contribution in [0, 0.1) is 17.1 Å². The molecule has 1 aromatic heterocycles. The summed E-state index contributed by atoms with van der Waals surface area (Å²) in [5.41, 5.74) is 8.37. The average molecular weight is 358 g/mol. The van der Waals surface area contributed by atoms with Crippen LogP contribution in [-0.4, -0.2) is 4.98 Å². The first kappa shape index (κ1) is 16.3. The Labute approximate surface area is 148 Å². The molecule has 0 spiro atoms. The molecule has 3 rings (SSSR count). The van der Waals surface area contributed by atoms with Crippen molar-refractivity contribution in [3.63, 3.8) is 0 Å². The quantitative estimate of drug-likeness (QED) is 0.675. The Hall–Kier alpha value is -2.61. The van der Waals surface area contributed by atoms with E-state index in [2.05, 4.69) is 4.98 Å². The van der Waals surface area contributed by atoms with Crippen LogP contribution in [0.5, 0.6) is 0 Å². The Morgan fingerprint density at radius 2 is 1.83 bits per heavy atom. The lowest BCUT2D eigenvalue weighted by molar-refractivity contribution is 0.629. The zero-order valence-electron chi connectivity index (χ0n) is 12.2. The Morgan fingerprint density at radius 1 is 1.04 bits per heavy atom. The highest BCUT2D eigenvalue weighted by Crippen LogP contribution is 2.33. The van der Waals surface area contributed by atoms with Gasteiger partial charge in [0.2, 0.25) is 0 Å². The highest BCUT2D eigenvalue weighted by Gasteiger charge is 2.15. The minimum Gasteiger partial charge on any atom is -0.383 e.